The lowest BCUT2D eigenvalue weighted by molar-refractivity contribution is 0.628. The number of aromatic nitrogens is 1. The summed E-state index contributed by atoms with van der Waals surface area (Å²) in [7, 11) is 0. The smallest absolute Gasteiger partial charge is 0.0730 e. The van der Waals surface area contributed by atoms with E-state index in [1.807, 2.05) is 12.3 Å². The molecule has 94 valence electrons. The maximum absolute atomic E-state index is 5.75. The van der Waals surface area contributed by atoms with Gasteiger partial charge in [0, 0.05) is 12.4 Å². The number of nitrogens with one attached hydrogen (secondary N) is 1. The van der Waals surface area contributed by atoms with Gasteiger partial charge in [-0.25, -0.2) is 5.43 Å². The Morgan fingerprint density at radius 3 is 2.44 bits per heavy atom. The van der Waals surface area contributed by atoms with Gasteiger partial charge in [-0.15, -0.1) is 0 Å². The second kappa shape index (κ2) is 5.29. The summed E-state index contributed by atoms with van der Waals surface area (Å²) in [6, 6.07) is 8.40. The molecule has 0 saturated carbocycles. The van der Waals surface area contributed by atoms with Crippen molar-refractivity contribution in [3.8, 4) is 0 Å². The third-order valence-corrected chi connectivity index (χ3v) is 3.30. The Morgan fingerprint density at radius 1 is 1.06 bits per heavy atom. The standard InChI is InChI=1S/C15H19N3/c1-10-4-5-11(2)13(8-10)15(18-16)14-9-17-7-6-12(14)3/h4-9,15,18H,16H2,1-3H3. The minimum absolute atomic E-state index is 0.0152. The van der Waals surface area contributed by atoms with Crippen molar-refractivity contribution in [2.75, 3.05) is 0 Å². The van der Waals surface area contributed by atoms with E-state index in [2.05, 4.69) is 49.4 Å². The van der Waals surface area contributed by atoms with Crippen LogP contribution in [0.4, 0.5) is 0 Å². The van der Waals surface area contributed by atoms with Crippen molar-refractivity contribution in [1.82, 2.24) is 10.4 Å². The monoisotopic (exact) mass is 241 g/mol. The number of hydrogen-bond donors (Lipinski definition) is 2. The number of hydrogen-bond acceptors (Lipinski definition) is 3. The molecule has 0 radical (unpaired) electrons. The van der Waals surface area contributed by atoms with Crippen LogP contribution >= 0.6 is 0 Å². The molecule has 1 atom stereocenters. The van der Waals surface area contributed by atoms with Gasteiger partial charge < -0.3 is 0 Å². The van der Waals surface area contributed by atoms with Crippen LogP contribution in [-0.2, 0) is 0 Å². The van der Waals surface area contributed by atoms with Crippen LogP contribution in [-0.4, -0.2) is 4.98 Å². The van der Waals surface area contributed by atoms with Crippen molar-refractivity contribution < 1.29 is 0 Å². The van der Waals surface area contributed by atoms with Gasteiger partial charge in [-0.05, 0) is 49.1 Å². The normalized spacial score (nSPS) is 12.4. The summed E-state index contributed by atoms with van der Waals surface area (Å²) in [5.74, 6) is 5.75. The van der Waals surface area contributed by atoms with Crippen LogP contribution in [0.2, 0.25) is 0 Å². The van der Waals surface area contributed by atoms with Crippen LogP contribution in [0.1, 0.15) is 33.9 Å². The van der Waals surface area contributed by atoms with Gasteiger partial charge in [0.1, 0.15) is 0 Å². The first kappa shape index (κ1) is 12.7. The van der Waals surface area contributed by atoms with E-state index < -0.39 is 0 Å². The maximum atomic E-state index is 5.75. The molecule has 3 heteroatoms. The Labute approximate surface area is 108 Å². The van der Waals surface area contributed by atoms with E-state index in [1.165, 1.54) is 22.3 Å². The first-order chi connectivity index (χ1) is 8.63. The number of nitrogens with two attached hydrogens (primary N) is 1. The summed E-state index contributed by atoms with van der Waals surface area (Å²) in [6.45, 7) is 6.27. The molecule has 0 bridgehead atoms. The zero-order chi connectivity index (χ0) is 13.1. The zero-order valence-electron chi connectivity index (χ0n) is 11.1. The average molecular weight is 241 g/mol. The maximum Gasteiger partial charge on any atom is 0.0730 e. The second-order valence-corrected chi connectivity index (χ2v) is 4.69. The lowest BCUT2D eigenvalue weighted by Gasteiger charge is -2.21. The Bertz CT molecular complexity index is 549. The number of rotatable bonds is 3. The fraction of sp³-hybridized carbons (Fsp3) is 0.267. The van der Waals surface area contributed by atoms with E-state index in [-0.39, 0.29) is 6.04 Å². The van der Waals surface area contributed by atoms with E-state index in [4.69, 9.17) is 5.84 Å². The Hall–Kier alpha value is -1.71. The van der Waals surface area contributed by atoms with Crippen molar-refractivity contribution in [2.24, 2.45) is 5.84 Å². The molecular formula is C15H19N3. The highest BCUT2D eigenvalue weighted by Gasteiger charge is 2.16. The van der Waals surface area contributed by atoms with Crippen LogP contribution in [0, 0.1) is 20.8 Å². The zero-order valence-corrected chi connectivity index (χ0v) is 11.1. The molecule has 3 N–H and O–H groups in total. The van der Waals surface area contributed by atoms with E-state index in [0.717, 1.165) is 5.56 Å². The number of benzene rings is 1. The first-order valence-electron chi connectivity index (χ1n) is 6.07. The summed E-state index contributed by atoms with van der Waals surface area (Å²) in [5.41, 5.74) is 8.88. The lowest BCUT2D eigenvalue weighted by atomic mass is 9.93. The number of aryl methyl sites for hydroxylation is 3. The molecule has 0 aliphatic carbocycles. The minimum Gasteiger partial charge on any atom is -0.271 e. The number of hydrazine groups is 1. The highest BCUT2D eigenvalue weighted by atomic mass is 15.2. The quantitative estimate of drug-likeness (QED) is 0.641. The van der Waals surface area contributed by atoms with Crippen molar-refractivity contribution in [2.45, 2.75) is 26.8 Å². The van der Waals surface area contributed by atoms with Gasteiger partial charge in [0.05, 0.1) is 6.04 Å². The molecule has 18 heavy (non-hydrogen) atoms. The van der Waals surface area contributed by atoms with E-state index in [0.29, 0.717) is 0 Å². The highest BCUT2D eigenvalue weighted by Crippen LogP contribution is 2.26. The van der Waals surface area contributed by atoms with Gasteiger partial charge in [0.2, 0.25) is 0 Å². The van der Waals surface area contributed by atoms with Crippen LogP contribution < -0.4 is 11.3 Å². The van der Waals surface area contributed by atoms with Gasteiger partial charge in [-0.2, -0.15) is 0 Å². The number of nitrogens with zero attached hydrogens (tertiary/aromatic N) is 1. The first-order valence-corrected chi connectivity index (χ1v) is 6.07. The summed E-state index contributed by atoms with van der Waals surface area (Å²) < 4.78 is 0. The van der Waals surface area contributed by atoms with Gasteiger partial charge >= 0.3 is 0 Å². The van der Waals surface area contributed by atoms with Gasteiger partial charge in [0.25, 0.3) is 0 Å². The molecule has 1 aromatic carbocycles. The van der Waals surface area contributed by atoms with E-state index in [1.54, 1.807) is 6.20 Å². The Morgan fingerprint density at radius 2 is 1.78 bits per heavy atom. The Balaban J connectivity index is 2.52. The van der Waals surface area contributed by atoms with Crippen LogP contribution in [0.15, 0.2) is 36.7 Å². The Kier molecular flexibility index (Phi) is 3.75. The van der Waals surface area contributed by atoms with Crippen molar-refractivity contribution in [3.05, 3.63) is 64.5 Å². The van der Waals surface area contributed by atoms with Gasteiger partial charge in [-0.1, -0.05) is 23.8 Å². The third-order valence-electron chi connectivity index (χ3n) is 3.30. The molecular weight excluding hydrogens is 222 g/mol. The van der Waals surface area contributed by atoms with Crippen molar-refractivity contribution >= 4 is 0 Å². The molecule has 2 rings (SSSR count). The molecule has 0 aliphatic heterocycles. The van der Waals surface area contributed by atoms with Crippen LogP contribution in [0.25, 0.3) is 0 Å². The summed E-state index contributed by atoms with van der Waals surface area (Å²) in [6.07, 6.45) is 3.68. The van der Waals surface area contributed by atoms with E-state index >= 15 is 0 Å². The predicted molar refractivity (Wildman–Crippen MR) is 74.1 cm³/mol. The van der Waals surface area contributed by atoms with Crippen molar-refractivity contribution in [3.63, 3.8) is 0 Å². The molecule has 3 nitrogen and oxygen atoms in total. The minimum atomic E-state index is -0.0152. The summed E-state index contributed by atoms with van der Waals surface area (Å²) in [4.78, 5) is 4.20. The largest absolute Gasteiger partial charge is 0.271 e. The topological polar surface area (TPSA) is 50.9 Å². The molecule has 0 saturated heterocycles. The molecule has 0 fully saturated rings. The summed E-state index contributed by atoms with van der Waals surface area (Å²) >= 11 is 0. The SMILES string of the molecule is Cc1ccc(C)c(C(NN)c2cnccc2C)c1. The van der Waals surface area contributed by atoms with Gasteiger partial charge in [-0.3, -0.25) is 10.8 Å². The third kappa shape index (κ3) is 2.42. The molecule has 0 spiro atoms. The fourth-order valence-electron chi connectivity index (χ4n) is 2.20. The van der Waals surface area contributed by atoms with Crippen molar-refractivity contribution in [1.29, 1.82) is 0 Å². The summed E-state index contributed by atoms with van der Waals surface area (Å²) in [5, 5.41) is 0. The second-order valence-electron chi connectivity index (χ2n) is 4.69. The van der Waals surface area contributed by atoms with E-state index in [9.17, 15) is 0 Å². The highest BCUT2D eigenvalue weighted by molar-refractivity contribution is 5.40. The van der Waals surface area contributed by atoms with Gasteiger partial charge in [0.15, 0.2) is 0 Å². The molecule has 0 aliphatic rings. The molecule has 2 aromatic rings. The molecule has 1 unspecified atom stereocenters. The van der Waals surface area contributed by atoms with Crippen LogP contribution in [0.5, 0.6) is 0 Å². The lowest BCUT2D eigenvalue weighted by Crippen LogP contribution is -2.30. The molecule has 0 amide bonds. The molecule has 1 heterocycles. The molecule has 1 aromatic heterocycles. The van der Waals surface area contributed by atoms with Crippen LogP contribution in [0.3, 0.4) is 0 Å². The fourth-order valence-corrected chi connectivity index (χ4v) is 2.20. The average Bonchev–Trinajstić information content (AvgIpc) is 2.36. The number of pyridine rings is 1. The predicted octanol–water partition coefficient (Wildman–Crippen LogP) is 2.56.